The number of primary amides is 1. The van der Waals surface area contributed by atoms with Crippen molar-refractivity contribution in [3.63, 3.8) is 0 Å². The molecule has 10 heteroatoms. The average molecular weight is 384 g/mol. The lowest BCUT2D eigenvalue weighted by molar-refractivity contribution is -0.137. The van der Waals surface area contributed by atoms with Crippen LogP contribution in [0.3, 0.4) is 0 Å². The topological polar surface area (TPSA) is 133 Å². The average Bonchev–Trinajstić information content (AvgIpc) is 3.30. The summed E-state index contributed by atoms with van der Waals surface area (Å²) in [6, 6.07) is 5.85. The molecule has 3 heterocycles. The number of rotatable bonds is 7. The van der Waals surface area contributed by atoms with E-state index in [0.717, 1.165) is 0 Å². The number of aromatic nitrogens is 4. The fourth-order valence-corrected chi connectivity index (χ4v) is 3.09. The van der Waals surface area contributed by atoms with Gasteiger partial charge in [-0.25, -0.2) is 9.97 Å². The lowest BCUT2D eigenvalue weighted by atomic mass is 10.1. The van der Waals surface area contributed by atoms with E-state index in [4.69, 9.17) is 5.73 Å². The van der Waals surface area contributed by atoms with Gasteiger partial charge in [0, 0.05) is 18.0 Å². The molecule has 3 rings (SSSR count). The van der Waals surface area contributed by atoms with Crippen molar-refractivity contribution in [2.45, 2.75) is 19.4 Å². The number of hydrogen-bond donors (Lipinski definition) is 2. The summed E-state index contributed by atoms with van der Waals surface area (Å²) >= 11 is 1.21. The van der Waals surface area contributed by atoms with Gasteiger partial charge in [-0.15, -0.1) is 0 Å². The third-order valence-corrected chi connectivity index (χ3v) is 4.42. The molecule has 0 bridgehead atoms. The molecule has 0 radical (unpaired) electrons. The van der Waals surface area contributed by atoms with Crippen molar-refractivity contribution in [2.24, 2.45) is 5.73 Å². The van der Waals surface area contributed by atoms with Gasteiger partial charge in [0.05, 0.1) is 11.9 Å². The first-order chi connectivity index (χ1) is 13.0. The maximum absolute atomic E-state index is 12.8. The van der Waals surface area contributed by atoms with E-state index in [1.807, 2.05) is 0 Å². The number of aryl methyl sites for hydroxylation is 1. The maximum Gasteiger partial charge on any atom is 0.287 e. The molecule has 27 heavy (non-hydrogen) atoms. The van der Waals surface area contributed by atoms with Gasteiger partial charge >= 0.3 is 0 Å². The fourth-order valence-electron chi connectivity index (χ4n) is 2.54. The van der Waals surface area contributed by atoms with Crippen LogP contribution in [0, 0.1) is 6.92 Å². The molecule has 0 aromatic carbocycles. The van der Waals surface area contributed by atoms with Crippen LogP contribution < -0.4 is 11.1 Å². The Kier molecular flexibility index (Phi) is 5.36. The largest absolute Gasteiger partial charge is 0.363 e. The van der Waals surface area contributed by atoms with Crippen molar-refractivity contribution >= 4 is 29.1 Å². The zero-order valence-corrected chi connectivity index (χ0v) is 15.1. The zero-order chi connectivity index (χ0) is 19.4. The van der Waals surface area contributed by atoms with Crippen LogP contribution in [0.1, 0.15) is 22.0 Å². The second-order valence-electron chi connectivity index (χ2n) is 5.66. The number of amides is 2. The second-order valence-corrected chi connectivity index (χ2v) is 6.33. The van der Waals surface area contributed by atoms with Gasteiger partial charge in [0.1, 0.15) is 23.4 Å². The minimum atomic E-state index is -1.12. The molecule has 0 spiro atoms. The van der Waals surface area contributed by atoms with Gasteiger partial charge < -0.3 is 11.1 Å². The number of hydrogen-bond acceptors (Lipinski definition) is 7. The molecule has 0 fully saturated rings. The van der Waals surface area contributed by atoms with Gasteiger partial charge in [0.2, 0.25) is 5.78 Å². The van der Waals surface area contributed by atoms with E-state index >= 15 is 0 Å². The Morgan fingerprint density at radius 2 is 2.07 bits per heavy atom. The minimum absolute atomic E-state index is 0.0632. The first-order valence-corrected chi connectivity index (χ1v) is 8.80. The van der Waals surface area contributed by atoms with Gasteiger partial charge in [-0.2, -0.15) is 4.37 Å². The summed E-state index contributed by atoms with van der Waals surface area (Å²) in [4.78, 5) is 44.7. The number of carbonyl (C=O) groups is 3. The molecule has 138 valence electrons. The molecular formula is C17H16N6O3S. The SMILES string of the molecule is Cc1ncc(C(=O)NC(Cc2ccsn2)C(=O)C(N)=O)n1-c1ccccn1. The van der Waals surface area contributed by atoms with Crippen molar-refractivity contribution < 1.29 is 14.4 Å². The first-order valence-electron chi connectivity index (χ1n) is 7.97. The number of Topliss-reactive ketones (excluding diaryl/α,β-unsaturated/α-hetero) is 1. The van der Waals surface area contributed by atoms with E-state index < -0.39 is 23.6 Å². The number of carbonyl (C=O) groups excluding carboxylic acids is 3. The van der Waals surface area contributed by atoms with Gasteiger partial charge in [0.25, 0.3) is 11.8 Å². The van der Waals surface area contributed by atoms with E-state index in [2.05, 4.69) is 19.7 Å². The normalized spacial score (nSPS) is 11.7. The summed E-state index contributed by atoms with van der Waals surface area (Å²) in [7, 11) is 0. The molecule has 1 unspecified atom stereocenters. The number of pyridine rings is 1. The smallest absolute Gasteiger partial charge is 0.287 e. The predicted octanol–water partition coefficient (Wildman–Crippen LogP) is 0.428. The molecule has 3 N–H and O–H groups in total. The van der Waals surface area contributed by atoms with Crippen LogP contribution in [0.5, 0.6) is 0 Å². The van der Waals surface area contributed by atoms with E-state index in [1.165, 1.54) is 17.7 Å². The maximum atomic E-state index is 12.8. The van der Waals surface area contributed by atoms with Gasteiger partial charge in [-0.1, -0.05) is 6.07 Å². The van der Waals surface area contributed by atoms with Gasteiger partial charge in [0.15, 0.2) is 0 Å². The van der Waals surface area contributed by atoms with E-state index in [1.54, 1.807) is 47.3 Å². The molecule has 9 nitrogen and oxygen atoms in total. The standard InChI is InChI=1S/C17H16N6O3S/c1-10-20-9-13(23(10)14-4-2-3-6-19-14)17(26)21-12(15(24)16(18)25)8-11-5-7-27-22-11/h2-7,9,12H,8H2,1H3,(H2,18,25)(H,21,26). The summed E-state index contributed by atoms with van der Waals surface area (Å²) in [6.45, 7) is 1.73. The van der Waals surface area contributed by atoms with E-state index in [-0.39, 0.29) is 12.1 Å². The van der Waals surface area contributed by atoms with Crippen LogP contribution in [0.2, 0.25) is 0 Å². The Hall–Kier alpha value is -3.40. The Labute approximate surface area is 158 Å². The van der Waals surface area contributed by atoms with Crippen molar-refractivity contribution in [3.8, 4) is 5.82 Å². The Morgan fingerprint density at radius 1 is 1.26 bits per heavy atom. The first kappa shape index (κ1) is 18.4. The second kappa shape index (κ2) is 7.87. The third-order valence-electron chi connectivity index (χ3n) is 3.82. The molecule has 3 aromatic rings. The predicted molar refractivity (Wildman–Crippen MR) is 97.4 cm³/mol. The lowest BCUT2D eigenvalue weighted by Gasteiger charge is -2.16. The minimum Gasteiger partial charge on any atom is -0.363 e. The molecular weight excluding hydrogens is 368 g/mol. The highest BCUT2D eigenvalue weighted by Gasteiger charge is 2.28. The summed E-state index contributed by atoms with van der Waals surface area (Å²) in [5.41, 5.74) is 5.89. The molecule has 2 amide bonds. The number of nitrogens with one attached hydrogen (secondary N) is 1. The zero-order valence-electron chi connectivity index (χ0n) is 14.3. The summed E-state index contributed by atoms with van der Waals surface area (Å²) in [5, 5.41) is 4.30. The Bertz CT molecular complexity index is 968. The number of nitrogens with two attached hydrogens (primary N) is 1. The van der Waals surface area contributed by atoms with Crippen LogP contribution in [-0.2, 0) is 16.0 Å². The van der Waals surface area contributed by atoms with Crippen LogP contribution in [0.4, 0.5) is 0 Å². The molecule has 1 atom stereocenters. The van der Waals surface area contributed by atoms with Crippen molar-refractivity contribution in [2.75, 3.05) is 0 Å². The van der Waals surface area contributed by atoms with Gasteiger partial charge in [-0.05, 0) is 36.7 Å². The Morgan fingerprint density at radius 3 is 2.70 bits per heavy atom. The molecule has 0 aliphatic rings. The molecule has 0 saturated heterocycles. The van der Waals surface area contributed by atoms with Gasteiger partial charge in [-0.3, -0.25) is 19.0 Å². The highest BCUT2D eigenvalue weighted by atomic mass is 32.1. The summed E-state index contributed by atoms with van der Waals surface area (Å²) in [6.07, 6.45) is 3.04. The number of nitrogens with zero attached hydrogens (tertiary/aromatic N) is 4. The quantitative estimate of drug-likeness (QED) is 0.568. The Balaban J connectivity index is 1.88. The summed E-state index contributed by atoms with van der Waals surface area (Å²) in [5.74, 6) is -1.52. The van der Waals surface area contributed by atoms with E-state index in [9.17, 15) is 14.4 Å². The molecule has 0 saturated carbocycles. The van der Waals surface area contributed by atoms with E-state index in [0.29, 0.717) is 17.3 Å². The van der Waals surface area contributed by atoms with Crippen molar-refractivity contribution in [1.29, 1.82) is 0 Å². The molecule has 0 aliphatic heterocycles. The lowest BCUT2D eigenvalue weighted by Crippen LogP contribution is -2.47. The third kappa shape index (κ3) is 4.06. The van der Waals surface area contributed by atoms with Crippen molar-refractivity contribution in [1.82, 2.24) is 24.2 Å². The summed E-state index contributed by atoms with van der Waals surface area (Å²) < 4.78 is 5.67. The van der Waals surface area contributed by atoms with Crippen LogP contribution >= 0.6 is 11.5 Å². The number of ketones is 1. The molecule has 0 aliphatic carbocycles. The van der Waals surface area contributed by atoms with Crippen LogP contribution in [0.15, 0.2) is 42.0 Å². The monoisotopic (exact) mass is 384 g/mol. The van der Waals surface area contributed by atoms with Crippen LogP contribution in [0.25, 0.3) is 5.82 Å². The molecule has 3 aromatic heterocycles. The number of imidazole rings is 1. The highest BCUT2D eigenvalue weighted by Crippen LogP contribution is 2.13. The van der Waals surface area contributed by atoms with Crippen molar-refractivity contribution in [3.05, 3.63) is 59.3 Å². The highest BCUT2D eigenvalue weighted by molar-refractivity contribution is 7.03. The van der Waals surface area contributed by atoms with Crippen LogP contribution in [-0.4, -0.2) is 42.5 Å². The fraction of sp³-hybridized carbons (Fsp3) is 0.176.